The van der Waals surface area contributed by atoms with E-state index in [9.17, 15) is 0 Å². The number of hydrogen-bond donors (Lipinski definition) is 0. The Balaban J connectivity index is 1.84. The summed E-state index contributed by atoms with van der Waals surface area (Å²) in [5.74, 6) is 1.84. The lowest BCUT2D eigenvalue weighted by atomic mass is 10.0. The van der Waals surface area contributed by atoms with E-state index in [4.69, 9.17) is 9.47 Å². The van der Waals surface area contributed by atoms with E-state index in [2.05, 4.69) is 97.6 Å². The van der Waals surface area contributed by atoms with Crippen LogP contribution in [0.15, 0.2) is 96.8 Å². The number of benzene rings is 3. The molecule has 0 spiro atoms. The largest absolute Gasteiger partial charge is 0.497 e. The van der Waals surface area contributed by atoms with Crippen LogP contribution in [-0.2, 0) is 4.74 Å². The van der Waals surface area contributed by atoms with Gasteiger partial charge in [-0.05, 0) is 55.3 Å². The second-order valence-electron chi connectivity index (χ2n) is 7.51. The number of nitrogens with zero attached hydrogens (tertiary/aromatic N) is 1. The van der Waals surface area contributed by atoms with Crippen LogP contribution in [0.2, 0.25) is 0 Å². The molecular weight excluding hydrogens is 358 g/mol. The molecule has 3 aromatic rings. The van der Waals surface area contributed by atoms with Crippen molar-refractivity contribution >= 4 is 5.69 Å². The maximum Gasteiger partial charge on any atom is 0.122 e. The summed E-state index contributed by atoms with van der Waals surface area (Å²) in [7, 11) is 1.69. The van der Waals surface area contributed by atoms with Gasteiger partial charge in [0.15, 0.2) is 0 Å². The van der Waals surface area contributed by atoms with Crippen LogP contribution in [0.1, 0.15) is 37.1 Å². The third-order valence-electron chi connectivity index (χ3n) is 5.17. The van der Waals surface area contributed by atoms with E-state index < -0.39 is 0 Å². The third kappa shape index (κ3) is 4.00. The summed E-state index contributed by atoms with van der Waals surface area (Å²) in [6.45, 7) is 4.16. The van der Waals surface area contributed by atoms with Gasteiger partial charge in [-0.1, -0.05) is 60.7 Å². The lowest BCUT2D eigenvalue weighted by molar-refractivity contribution is 0.136. The van der Waals surface area contributed by atoms with Gasteiger partial charge < -0.3 is 14.4 Å². The molecule has 0 radical (unpaired) electrons. The van der Waals surface area contributed by atoms with Crippen LogP contribution in [0.4, 0.5) is 5.69 Å². The van der Waals surface area contributed by atoms with E-state index in [0.29, 0.717) is 0 Å². The highest BCUT2D eigenvalue weighted by molar-refractivity contribution is 5.58. The molecule has 0 amide bonds. The first kappa shape index (κ1) is 19.1. The first-order chi connectivity index (χ1) is 14.2. The van der Waals surface area contributed by atoms with E-state index in [-0.39, 0.29) is 18.2 Å². The van der Waals surface area contributed by atoms with E-state index in [1.165, 1.54) is 16.8 Å². The smallest absolute Gasteiger partial charge is 0.122 e. The first-order valence-corrected chi connectivity index (χ1v) is 10.1. The van der Waals surface area contributed by atoms with Gasteiger partial charge in [0, 0.05) is 5.69 Å². The van der Waals surface area contributed by atoms with Crippen molar-refractivity contribution in [3.8, 4) is 5.75 Å². The van der Waals surface area contributed by atoms with Crippen LogP contribution < -0.4 is 9.64 Å². The minimum atomic E-state index is -0.00378. The molecule has 1 aliphatic heterocycles. The predicted molar refractivity (Wildman–Crippen MR) is 118 cm³/mol. The van der Waals surface area contributed by atoms with Gasteiger partial charge in [0.25, 0.3) is 0 Å². The number of methoxy groups -OCH3 is 1. The quantitative estimate of drug-likeness (QED) is 0.496. The maximum atomic E-state index is 6.33. The monoisotopic (exact) mass is 385 g/mol. The zero-order valence-electron chi connectivity index (χ0n) is 17.2. The molecule has 29 heavy (non-hydrogen) atoms. The third-order valence-corrected chi connectivity index (χ3v) is 5.17. The Morgan fingerprint density at radius 1 is 0.759 bits per heavy atom. The van der Waals surface area contributed by atoms with Crippen molar-refractivity contribution in [3.05, 3.63) is 108 Å². The molecule has 0 saturated heterocycles. The van der Waals surface area contributed by atoms with Crippen molar-refractivity contribution in [1.82, 2.24) is 0 Å². The van der Waals surface area contributed by atoms with Crippen LogP contribution in [0.3, 0.4) is 0 Å². The van der Waals surface area contributed by atoms with Gasteiger partial charge in [-0.2, -0.15) is 0 Å². The summed E-state index contributed by atoms with van der Waals surface area (Å²) >= 11 is 0. The molecule has 3 aromatic carbocycles. The van der Waals surface area contributed by atoms with Gasteiger partial charge in [0.05, 0.1) is 19.3 Å². The van der Waals surface area contributed by atoms with Crippen molar-refractivity contribution in [2.75, 3.05) is 12.0 Å². The summed E-state index contributed by atoms with van der Waals surface area (Å²) in [6, 6.07) is 29.5. The van der Waals surface area contributed by atoms with Crippen molar-refractivity contribution in [2.45, 2.75) is 32.0 Å². The highest BCUT2D eigenvalue weighted by atomic mass is 16.5. The maximum absolute atomic E-state index is 6.33. The van der Waals surface area contributed by atoms with E-state index in [0.717, 1.165) is 11.5 Å². The average Bonchev–Trinajstić information content (AvgIpc) is 3.13. The molecule has 2 unspecified atom stereocenters. The second-order valence-corrected chi connectivity index (χ2v) is 7.51. The fourth-order valence-corrected chi connectivity index (χ4v) is 3.93. The number of hydrogen-bond acceptors (Lipinski definition) is 3. The van der Waals surface area contributed by atoms with Gasteiger partial charge in [-0.3, -0.25) is 0 Å². The van der Waals surface area contributed by atoms with Crippen molar-refractivity contribution in [1.29, 1.82) is 0 Å². The predicted octanol–water partition coefficient (Wildman–Crippen LogP) is 6.31. The molecule has 3 nitrogen and oxygen atoms in total. The van der Waals surface area contributed by atoms with Crippen LogP contribution >= 0.6 is 0 Å². The van der Waals surface area contributed by atoms with Gasteiger partial charge >= 0.3 is 0 Å². The summed E-state index contributed by atoms with van der Waals surface area (Å²) in [4.78, 5) is 2.44. The number of anilines is 1. The van der Waals surface area contributed by atoms with Gasteiger partial charge in [0.1, 0.15) is 17.6 Å². The average molecular weight is 386 g/mol. The summed E-state index contributed by atoms with van der Waals surface area (Å²) in [5.41, 5.74) is 3.60. The van der Waals surface area contributed by atoms with Gasteiger partial charge in [0.2, 0.25) is 0 Å². The lowest BCUT2D eigenvalue weighted by Crippen LogP contribution is -2.28. The van der Waals surface area contributed by atoms with E-state index in [1.54, 1.807) is 7.11 Å². The van der Waals surface area contributed by atoms with Crippen LogP contribution in [0.5, 0.6) is 5.75 Å². The van der Waals surface area contributed by atoms with Crippen molar-refractivity contribution in [3.63, 3.8) is 0 Å². The lowest BCUT2D eigenvalue weighted by Gasteiger charge is -2.34. The van der Waals surface area contributed by atoms with Crippen LogP contribution in [0, 0.1) is 0 Å². The summed E-state index contributed by atoms with van der Waals surface area (Å²) in [6.07, 6.45) is 2.37. The molecule has 0 N–H and O–H groups in total. The standard InChI is InChI=1S/C26H27NO2/c1-19(2)29-25-18-24(20-10-6-4-7-11-20)27(22-12-8-5-9-13-22)26(25)21-14-16-23(28-3)17-15-21/h4-19,24,26H,1-3H3. The van der Waals surface area contributed by atoms with Gasteiger partial charge in [-0.15, -0.1) is 0 Å². The fourth-order valence-electron chi connectivity index (χ4n) is 3.93. The summed E-state index contributed by atoms with van der Waals surface area (Å²) < 4.78 is 11.7. The molecule has 4 rings (SSSR count). The van der Waals surface area contributed by atoms with Crippen LogP contribution in [0.25, 0.3) is 0 Å². The molecule has 0 aromatic heterocycles. The number of rotatable bonds is 6. The Hall–Kier alpha value is -3.20. The van der Waals surface area contributed by atoms with Crippen LogP contribution in [-0.4, -0.2) is 13.2 Å². The Kier molecular flexibility index (Phi) is 5.57. The van der Waals surface area contributed by atoms with Gasteiger partial charge in [-0.25, -0.2) is 0 Å². The second kappa shape index (κ2) is 8.44. The summed E-state index contributed by atoms with van der Waals surface area (Å²) in [5, 5.41) is 0. The molecule has 1 heterocycles. The molecule has 0 fully saturated rings. The highest BCUT2D eigenvalue weighted by Gasteiger charge is 2.38. The minimum absolute atomic E-state index is 0.00378. The molecule has 0 saturated carbocycles. The fraction of sp³-hybridized carbons (Fsp3) is 0.231. The first-order valence-electron chi connectivity index (χ1n) is 10.1. The zero-order valence-corrected chi connectivity index (χ0v) is 17.2. The van der Waals surface area contributed by atoms with Crippen molar-refractivity contribution in [2.24, 2.45) is 0 Å². The molecule has 0 bridgehead atoms. The molecule has 148 valence electrons. The highest BCUT2D eigenvalue weighted by Crippen LogP contribution is 2.47. The Morgan fingerprint density at radius 2 is 1.38 bits per heavy atom. The zero-order chi connectivity index (χ0) is 20.2. The molecule has 3 heteroatoms. The van der Waals surface area contributed by atoms with E-state index in [1.807, 2.05) is 12.1 Å². The molecule has 2 atom stereocenters. The Morgan fingerprint density at radius 3 is 1.97 bits per heavy atom. The number of para-hydroxylation sites is 1. The Bertz CT molecular complexity index is 949. The molecule has 1 aliphatic rings. The van der Waals surface area contributed by atoms with E-state index >= 15 is 0 Å². The molecular formula is C26H27NO2. The van der Waals surface area contributed by atoms with Crippen molar-refractivity contribution < 1.29 is 9.47 Å². The number of ether oxygens (including phenoxy) is 2. The topological polar surface area (TPSA) is 21.7 Å². The Labute approximate surface area is 173 Å². The SMILES string of the molecule is COc1ccc(C2C(OC(C)C)=CC(c3ccccc3)N2c2ccccc2)cc1. The molecule has 0 aliphatic carbocycles. The minimum Gasteiger partial charge on any atom is -0.497 e. The normalized spacial score (nSPS) is 18.6.